The predicted octanol–water partition coefficient (Wildman–Crippen LogP) is 5.01. The minimum atomic E-state index is 0.236. The molecule has 0 bridgehead atoms. The third kappa shape index (κ3) is 7.81. The zero-order valence-electron chi connectivity index (χ0n) is 13.3. The Morgan fingerprint density at radius 1 is 0.941 bits per heavy atom. The molecule has 1 nitrogen and oxygen atoms in total. The molecule has 17 heavy (non-hydrogen) atoms. The van der Waals surface area contributed by atoms with Gasteiger partial charge in [-0.3, -0.25) is 0 Å². The molecule has 0 aliphatic heterocycles. The van der Waals surface area contributed by atoms with Gasteiger partial charge in [0.15, 0.2) is 0 Å². The molecule has 0 aliphatic rings. The summed E-state index contributed by atoms with van der Waals surface area (Å²) in [5.74, 6) is 0.749. The van der Waals surface area contributed by atoms with Gasteiger partial charge in [0, 0.05) is 12.1 Å². The molecular formula is C16H35N. The first-order chi connectivity index (χ1) is 7.71. The molecule has 0 aromatic heterocycles. The zero-order valence-corrected chi connectivity index (χ0v) is 13.3. The highest BCUT2D eigenvalue weighted by Gasteiger charge is 2.28. The van der Waals surface area contributed by atoms with Crippen molar-refractivity contribution in [3.05, 3.63) is 0 Å². The summed E-state index contributed by atoms with van der Waals surface area (Å²) in [6.45, 7) is 17.4. The fraction of sp³-hybridized carbons (Fsp3) is 1.00. The van der Waals surface area contributed by atoms with E-state index in [2.05, 4.69) is 53.8 Å². The van der Waals surface area contributed by atoms with E-state index in [0.29, 0.717) is 5.41 Å². The van der Waals surface area contributed by atoms with Crippen molar-refractivity contribution < 1.29 is 0 Å². The van der Waals surface area contributed by atoms with Crippen LogP contribution in [-0.2, 0) is 0 Å². The van der Waals surface area contributed by atoms with Crippen molar-refractivity contribution in [1.82, 2.24) is 5.32 Å². The van der Waals surface area contributed by atoms with Gasteiger partial charge in [-0.05, 0) is 38.5 Å². The molecule has 104 valence electrons. The van der Waals surface area contributed by atoms with Crippen LogP contribution >= 0.6 is 0 Å². The molecule has 0 aromatic carbocycles. The Balaban J connectivity index is 4.17. The molecule has 1 N–H and O–H groups in total. The van der Waals surface area contributed by atoms with Crippen LogP contribution in [0, 0.1) is 11.3 Å². The summed E-state index contributed by atoms with van der Waals surface area (Å²) in [5, 5.41) is 3.68. The summed E-state index contributed by atoms with van der Waals surface area (Å²) in [4.78, 5) is 0. The number of rotatable bonds is 8. The van der Waals surface area contributed by atoms with Gasteiger partial charge in [-0.1, -0.05) is 53.4 Å². The van der Waals surface area contributed by atoms with E-state index >= 15 is 0 Å². The Hall–Kier alpha value is -0.0400. The normalized spacial score (nSPS) is 16.2. The first kappa shape index (κ1) is 17.0. The second-order valence-electron chi connectivity index (χ2n) is 7.22. The molecule has 0 amide bonds. The van der Waals surface area contributed by atoms with Crippen LogP contribution in [0.5, 0.6) is 0 Å². The van der Waals surface area contributed by atoms with E-state index in [1.54, 1.807) is 0 Å². The molecule has 1 atom stereocenters. The Morgan fingerprint density at radius 2 is 1.53 bits per heavy atom. The van der Waals surface area contributed by atoms with Gasteiger partial charge in [0.2, 0.25) is 0 Å². The van der Waals surface area contributed by atoms with E-state index in [0.717, 1.165) is 12.5 Å². The Labute approximate surface area is 110 Å². The zero-order chi connectivity index (χ0) is 13.5. The maximum absolute atomic E-state index is 3.68. The molecule has 0 fully saturated rings. The van der Waals surface area contributed by atoms with Crippen molar-refractivity contribution in [2.24, 2.45) is 11.3 Å². The van der Waals surface area contributed by atoms with Gasteiger partial charge in [-0.25, -0.2) is 0 Å². The molecule has 0 rings (SSSR count). The monoisotopic (exact) mass is 241 g/mol. The fourth-order valence-corrected chi connectivity index (χ4v) is 2.00. The van der Waals surface area contributed by atoms with E-state index < -0.39 is 0 Å². The fourth-order valence-electron chi connectivity index (χ4n) is 2.00. The smallest absolute Gasteiger partial charge is 0.00967 e. The average molecular weight is 241 g/mol. The summed E-state index contributed by atoms with van der Waals surface area (Å²) in [6.07, 6.45) is 6.86. The van der Waals surface area contributed by atoms with Crippen molar-refractivity contribution >= 4 is 0 Å². The topological polar surface area (TPSA) is 12.0 Å². The molecule has 1 heteroatoms. The van der Waals surface area contributed by atoms with Crippen LogP contribution in [0.3, 0.4) is 0 Å². The number of unbranched alkanes of at least 4 members (excludes halogenated alkanes) is 3. The molecule has 0 heterocycles. The lowest BCUT2D eigenvalue weighted by Gasteiger charge is -2.37. The third-order valence-electron chi connectivity index (χ3n) is 4.02. The molecule has 0 spiro atoms. The minimum absolute atomic E-state index is 0.236. The van der Waals surface area contributed by atoms with Crippen LogP contribution in [0.15, 0.2) is 0 Å². The van der Waals surface area contributed by atoms with Crippen LogP contribution in [0.2, 0.25) is 0 Å². The van der Waals surface area contributed by atoms with Crippen LogP contribution in [0.1, 0.15) is 80.6 Å². The number of nitrogens with one attached hydrogen (secondary N) is 1. The van der Waals surface area contributed by atoms with Crippen molar-refractivity contribution in [3.8, 4) is 0 Å². The SMILES string of the molecule is CCCCCCC(C)(CNC(C)(C)C)C(C)C. The minimum Gasteiger partial charge on any atom is -0.312 e. The number of hydrogen-bond donors (Lipinski definition) is 1. The maximum atomic E-state index is 3.68. The third-order valence-corrected chi connectivity index (χ3v) is 4.02. The standard InChI is InChI=1S/C16H35N/c1-8-9-10-11-12-16(7,14(2)3)13-17-15(4,5)6/h14,17H,8-13H2,1-7H3. The second kappa shape index (κ2) is 7.41. The first-order valence-corrected chi connectivity index (χ1v) is 7.46. The summed E-state index contributed by atoms with van der Waals surface area (Å²) >= 11 is 0. The van der Waals surface area contributed by atoms with Crippen molar-refractivity contribution in [2.45, 2.75) is 86.1 Å². The molecular weight excluding hydrogens is 206 g/mol. The quantitative estimate of drug-likeness (QED) is 0.589. The van der Waals surface area contributed by atoms with Crippen LogP contribution in [0.4, 0.5) is 0 Å². The van der Waals surface area contributed by atoms with Crippen molar-refractivity contribution in [3.63, 3.8) is 0 Å². The summed E-state index contributed by atoms with van der Waals surface area (Å²) in [7, 11) is 0. The molecule has 0 aromatic rings. The molecule has 0 saturated heterocycles. The Bertz CT molecular complexity index is 190. The van der Waals surface area contributed by atoms with Gasteiger partial charge < -0.3 is 5.32 Å². The Kier molecular flexibility index (Phi) is 7.39. The largest absolute Gasteiger partial charge is 0.312 e. The van der Waals surface area contributed by atoms with Gasteiger partial charge in [-0.15, -0.1) is 0 Å². The first-order valence-electron chi connectivity index (χ1n) is 7.46. The van der Waals surface area contributed by atoms with Crippen LogP contribution < -0.4 is 5.32 Å². The summed E-state index contributed by atoms with van der Waals surface area (Å²) in [6, 6.07) is 0. The lowest BCUT2D eigenvalue weighted by molar-refractivity contribution is 0.168. The van der Waals surface area contributed by atoms with Crippen molar-refractivity contribution in [1.29, 1.82) is 0 Å². The lowest BCUT2D eigenvalue weighted by atomic mass is 9.74. The summed E-state index contributed by atoms with van der Waals surface area (Å²) < 4.78 is 0. The van der Waals surface area contributed by atoms with Gasteiger partial charge in [0.25, 0.3) is 0 Å². The predicted molar refractivity (Wildman–Crippen MR) is 79.5 cm³/mol. The van der Waals surface area contributed by atoms with Crippen LogP contribution in [-0.4, -0.2) is 12.1 Å². The maximum Gasteiger partial charge on any atom is 0.00967 e. The van der Waals surface area contributed by atoms with E-state index in [1.807, 2.05) is 0 Å². The van der Waals surface area contributed by atoms with Gasteiger partial charge >= 0.3 is 0 Å². The molecule has 0 saturated carbocycles. The average Bonchev–Trinajstić information content (AvgIpc) is 2.20. The highest BCUT2D eigenvalue weighted by molar-refractivity contribution is 4.83. The molecule has 0 radical (unpaired) electrons. The van der Waals surface area contributed by atoms with E-state index in [9.17, 15) is 0 Å². The Morgan fingerprint density at radius 3 is 1.94 bits per heavy atom. The lowest BCUT2D eigenvalue weighted by Crippen LogP contribution is -2.44. The van der Waals surface area contributed by atoms with Crippen molar-refractivity contribution in [2.75, 3.05) is 6.54 Å². The van der Waals surface area contributed by atoms with E-state index in [-0.39, 0.29) is 5.54 Å². The van der Waals surface area contributed by atoms with Crippen LogP contribution in [0.25, 0.3) is 0 Å². The highest BCUT2D eigenvalue weighted by atomic mass is 15.0. The van der Waals surface area contributed by atoms with E-state index in [4.69, 9.17) is 0 Å². The van der Waals surface area contributed by atoms with Gasteiger partial charge in [0.05, 0.1) is 0 Å². The summed E-state index contributed by atoms with van der Waals surface area (Å²) in [5.41, 5.74) is 0.681. The molecule has 1 unspecified atom stereocenters. The number of hydrogen-bond acceptors (Lipinski definition) is 1. The highest BCUT2D eigenvalue weighted by Crippen LogP contribution is 2.33. The van der Waals surface area contributed by atoms with Gasteiger partial charge in [0.1, 0.15) is 0 Å². The second-order valence-corrected chi connectivity index (χ2v) is 7.22. The van der Waals surface area contributed by atoms with Gasteiger partial charge in [-0.2, -0.15) is 0 Å². The van der Waals surface area contributed by atoms with E-state index in [1.165, 1.54) is 32.1 Å². The molecule has 0 aliphatic carbocycles.